The van der Waals surface area contributed by atoms with Crippen molar-refractivity contribution in [1.82, 2.24) is 10.2 Å². The zero-order chi connectivity index (χ0) is 20.0. The SMILES string of the molecule is Cc1cc(OCC(=O)N2CCC(NC(=O)OCC(C)C)CC2)cc(C)c1Cl. The predicted octanol–water partition coefficient (Wildman–Crippen LogP) is 3.71. The van der Waals surface area contributed by atoms with Crippen LogP contribution in [-0.2, 0) is 9.53 Å². The number of aryl methyl sites for hydroxylation is 2. The lowest BCUT2D eigenvalue weighted by Crippen LogP contribution is -2.47. The maximum Gasteiger partial charge on any atom is 0.407 e. The molecule has 1 aromatic carbocycles. The van der Waals surface area contributed by atoms with Crippen LogP contribution in [0.4, 0.5) is 4.79 Å². The molecular formula is C20H29ClN2O4. The number of amides is 2. The van der Waals surface area contributed by atoms with Crippen LogP contribution in [0.3, 0.4) is 0 Å². The van der Waals surface area contributed by atoms with Gasteiger partial charge in [0.25, 0.3) is 5.91 Å². The Morgan fingerprint density at radius 2 is 1.81 bits per heavy atom. The lowest BCUT2D eigenvalue weighted by atomic mass is 10.1. The van der Waals surface area contributed by atoms with E-state index in [2.05, 4.69) is 5.32 Å². The van der Waals surface area contributed by atoms with Gasteiger partial charge in [0.2, 0.25) is 0 Å². The van der Waals surface area contributed by atoms with Crippen LogP contribution in [0, 0.1) is 19.8 Å². The minimum Gasteiger partial charge on any atom is -0.484 e. The Morgan fingerprint density at radius 1 is 1.22 bits per heavy atom. The smallest absolute Gasteiger partial charge is 0.407 e. The summed E-state index contributed by atoms with van der Waals surface area (Å²) in [6, 6.07) is 3.71. The van der Waals surface area contributed by atoms with E-state index in [1.165, 1.54) is 0 Å². The molecule has 1 N–H and O–H groups in total. The van der Waals surface area contributed by atoms with E-state index in [0.717, 1.165) is 16.1 Å². The normalized spacial score (nSPS) is 15.0. The molecule has 1 aliphatic rings. The third-order valence-corrected chi connectivity index (χ3v) is 5.09. The van der Waals surface area contributed by atoms with Crippen molar-refractivity contribution in [2.24, 2.45) is 5.92 Å². The Bertz CT molecular complexity index is 647. The largest absolute Gasteiger partial charge is 0.484 e. The number of hydrogen-bond donors (Lipinski definition) is 1. The number of nitrogens with one attached hydrogen (secondary N) is 1. The number of nitrogens with zero attached hydrogens (tertiary/aromatic N) is 1. The van der Waals surface area contributed by atoms with Crippen molar-refractivity contribution in [1.29, 1.82) is 0 Å². The van der Waals surface area contributed by atoms with E-state index in [4.69, 9.17) is 21.1 Å². The molecule has 6 nitrogen and oxygen atoms in total. The highest BCUT2D eigenvalue weighted by Crippen LogP contribution is 2.26. The zero-order valence-electron chi connectivity index (χ0n) is 16.5. The molecule has 0 bridgehead atoms. The monoisotopic (exact) mass is 396 g/mol. The lowest BCUT2D eigenvalue weighted by Gasteiger charge is -2.32. The van der Waals surface area contributed by atoms with Gasteiger partial charge in [-0.2, -0.15) is 0 Å². The summed E-state index contributed by atoms with van der Waals surface area (Å²) < 4.78 is 10.8. The molecule has 27 heavy (non-hydrogen) atoms. The van der Waals surface area contributed by atoms with Gasteiger partial charge in [0.15, 0.2) is 6.61 Å². The number of alkyl carbamates (subject to hydrolysis) is 1. The zero-order valence-corrected chi connectivity index (χ0v) is 17.3. The van der Waals surface area contributed by atoms with Gasteiger partial charge in [-0.3, -0.25) is 4.79 Å². The molecule has 1 aliphatic heterocycles. The van der Waals surface area contributed by atoms with Crippen molar-refractivity contribution in [3.8, 4) is 5.75 Å². The fraction of sp³-hybridized carbons (Fsp3) is 0.600. The van der Waals surface area contributed by atoms with E-state index >= 15 is 0 Å². The third kappa shape index (κ3) is 6.61. The van der Waals surface area contributed by atoms with Gasteiger partial charge >= 0.3 is 6.09 Å². The number of rotatable bonds is 6. The second-order valence-electron chi connectivity index (χ2n) is 7.45. The fourth-order valence-corrected chi connectivity index (χ4v) is 3.06. The Kier molecular flexibility index (Phi) is 7.78. The molecular weight excluding hydrogens is 368 g/mol. The van der Waals surface area contributed by atoms with E-state index in [-0.39, 0.29) is 24.6 Å². The first-order valence-corrected chi connectivity index (χ1v) is 9.74. The number of ether oxygens (including phenoxy) is 2. The van der Waals surface area contributed by atoms with Crippen molar-refractivity contribution < 1.29 is 19.1 Å². The highest BCUT2D eigenvalue weighted by atomic mass is 35.5. The van der Waals surface area contributed by atoms with Gasteiger partial charge < -0.3 is 19.7 Å². The number of likely N-dealkylation sites (tertiary alicyclic amines) is 1. The number of benzene rings is 1. The summed E-state index contributed by atoms with van der Waals surface area (Å²) in [5.74, 6) is 0.900. The van der Waals surface area contributed by atoms with E-state index in [0.29, 0.717) is 44.2 Å². The summed E-state index contributed by atoms with van der Waals surface area (Å²) in [7, 11) is 0. The van der Waals surface area contributed by atoms with Crippen molar-refractivity contribution in [3.05, 3.63) is 28.3 Å². The van der Waals surface area contributed by atoms with Gasteiger partial charge in [0.1, 0.15) is 5.75 Å². The van der Waals surface area contributed by atoms with Crippen molar-refractivity contribution in [2.45, 2.75) is 46.6 Å². The molecule has 0 saturated carbocycles. The average molecular weight is 397 g/mol. The fourth-order valence-electron chi connectivity index (χ4n) is 2.95. The minimum atomic E-state index is -0.384. The van der Waals surface area contributed by atoms with Crippen LogP contribution in [0.1, 0.15) is 37.8 Å². The summed E-state index contributed by atoms with van der Waals surface area (Å²) in [5, 5.41) is 3.58. The number of piperidine rings is 1. The number of halogens is 1. The average Bonchev–Trinajstić information content (AvgIpc) is 2.63. The van der Waals surface area contributed by atoms with Crippen LogP contribution in [-0.4, -0.2) is 49.2 Å². The maximum absolute atomic E-state index is 12.4. The van der Waals surface area contributed by atoms with Gasteiger partial charge in [0.05, 0.1) is 6.61 Å². The van der Waals surface area contributed by atoms with Gasteiger partial charge in [-0.15, -0.1) is 0 Å². The lowest BCUT2D eigenvalue weighted by molar-refractivity contribution is -0.134. The highest BCUT2D eigenvalue weighted by molar-refractivity contribution is 6.32. The molecule has 2 amide bonds. The van der Waals surface area contributed by atoms with Crippen molar-refractivity contribution in [3.63, 3.8) is 0 Å². The molecule has 1 aromatic rings. The molecule has 0 atom stereocenters. The number of carbonyl (C=O) groups is 2. The Morgan fingerprint density at radius 3 is 2.37 bits per heavy atom. The number of carbonyl (C=O) groups excluding carboxylic acids is 2. The summed E-state index contributed by atoms with van der Waals surface area (Å²) >= 11 is 6.15. The van der Waals surface area contributed by atoms with Crippen LogP contribution in [0.2, 0.25) is 5.02 Å². The molecule has 0 aromatic heterocycles. The Balaban J connectivity index is 1.74. The molecule has 2 rings (SSSR count). The molecule has 0 radical (unpaired) electrons. The quantitative estimate of drug-likeness (QED) is 0.795. The minimum absolute atomic E-state index is 0.00492. The summed E-state index contributed by atoms with van der Waals surface area (Å²) in [5.41, 5.74) is 1.85. The van der Waals surface area contributed by atoms with E-state index in [1.54, 1.807) is 4.90 Å². The molecule has 0 aliphatic carbocycles. The van der Waals surface area contributed by atoms with Crippen LogP contribution in [0.15, 0.2) is 12.1 Å². The molecule has 150 valence electrons. The van der Waals surface area contributed by atoms with Gasteiger partial charge in [-0.05, 0) is 55.9 Å². The van der Waals surface area contributed by atoms with Crippen LogP contribution in [0.5, 0.6) is 5.75 Å². The van der Waals surface area contributed by atoms with Crippen LogP contribution in [0.25, 0.3) is 0 Å². The first-order valence-electron chi connectivity index (χ1n) is 9.37. The first kappa shape index (κ1) is 21.4. The van der Waals surface area contributed by atoms with Crippen molar-refractivity contribution in [2.75, 3.05) is 26.3 Å². The molecule has 0 spiro atoms. The van der Waals surface area contributed by atoms with Crippen molar-refractivity contribution >= 4 is 23.6 Å². The van der Waals surface area contributed by atoms with E-state index in [1.807, 2.05) is 39.8 Å². The first-order chi connectivity index (χ1) is 12.8. The second kappa shape index (κ2) is 9.83. The number of hydrogen-bond acceptors (Lipinski definition) is 4. The Hall–Kier alpha value is -1.95. The molecule has 0 unspecified atom stereocenters. The standard InChI is InChI=1S/C20H29ClN2O4/c1-13(2)11-27-20(25)22-16-5-7-23(8-6-16)18(24)12-26-17-9-14(3)19(21)15(4)10-17/h9-10,13,16H,5-8,11-12H2,1-4H3,(H,22,25). The molecule has 1 fully saturated rings. The molecule has 1 heterocycles. The second-order valence-corrected chi connectivity index (χ2v) is 7.83. The van der Waals surface area contributed by atoms with Gasteiger partial charge in [0, 0.05) is 24.2 Å². The van der Waals surface area contributed by atoms with E-state index < -0.39 is 0 Å². The topological polar surface area (TPSA) is 67.9 Å². The molecule has 1 saturated heterocycles. The third-order valence-electron chi connectivity index (χ3n) is 4.49. The van der Waals surface area contributed by atoms with Gasteiger partial charge in [-0.1, -0.05) is 25.4 Å². The molecule has 7 heteroatoms. The highest BCUT2D eigenvalue weighted by Gasteiger charge is 2.24. The summed E-state index contributed by atoms with van der Waals surface area (Å²) in [4.78, 5) is 25.9. The Labute approximate surface area is 166 Å². The summed E-state index contributed by atoms with van der Waals surface area (Å²) in [6.07, 6.45) is 1.04. The van der Waals surface area contributed by atoms with Crippen LogP contribution >= 0.6 is 11.6 Å². The van der Waals surface area contributed by atoms with Gasteiger partial charge in [-0.25, -0.2) is 4.79 Å². The summed E-state index contributed by atoms with van der Waals surface area (Å²) in [6.45, 7) is 9.39. The van der Waals surface area contributed by atoms with E-state index in [9.17, 15) is 9.59 Å². The predicted molar refractivity (Wildman–Crippen MR) is 105 cm³/mol. The maximum atomic E-state index is 12.4. The van der Waals surface area contributed by atoms with Crippen LogP contribution < -0.4 is 10.1 Å².